The first-order valence-corrected chi connectivity index (χ1v) is 13.3. The molecule has 1 aromatic carbocycles. The molecule has 216 valence electrons. The molecule has 0 aliphatic heterocycles. The number of nitrogens with one attached hydrogen (secondary N) is 4. The van der Waals surface area contributed by atoms with Crippen molar-refractivity contribution in [2.75, 3.05) is 13.7 Å². The lowest BCUT2D eigenvalue weighted by Gasteiger charge is -2.25. The highest BCUT2D eigenvalue weighted by Crippen LogP contribution is 2.19. The fourth-order valence-electron chi connectivity index (χ4n) is 4.03. The van der Waals surface area contributed by atoms with Gasteiger partial charge in [0.1, 0.15) is 17.7 Å². The molecule has 39 heavy (non-hydrogen) atoms. The van der Waals surface area contributed by atoms with Gasteiger partial charge in [-0.1, -0.05) is 32.0 Å². The van der Waals surface area contributed by atoms with Crippen molar-refractivity contribution in [3.05, 3.63) is 36.0 Å². The van der Waals surface area contributed by atoms with E-state index in [0.29, 0.717) is 19.4 Å². The summed E-state index contributed by atoms with van der Waals surface area (Å²) in [5.74, 6) is -1.78. The minimum Gasteiger partial charge on any atom is -0.467 e. The third kappa shape index (κ3) is 10.2. The number of amides is 3. The summed E-state index contributed by atoms with van der Waals surface area (Å²) in [5, 5.41) is 9.12. The van der Waals surface area contributed by atoms with Crippen LogP contribution in [0.2, 0.25) is 0 Å². The molecule has 6 N–H and O–H groups in total. The zero-order chi connectivity index (χ0) is 29.2. The summed E-state index contributed by atoms with van der Waals surface area (Å²) in [7, 11) is 1.25. The largest absolute Gasteiger partial charge is 0.467 e. The number of unbranched alkanes of at least 4 members (excludes halogenated alkanes) is 1. The van der Waals surface area contributed by atoms with Gasteiger partial charge < -0.3 is 36.1 Å². The van der Waals surface area contributed by atoms with Crippen LogP contribution in [0.25, 0.3) is 10.9 Å². The minimum absolute atomic E-state index is 0.222. The monoisotopic (exact) mass is 545 g/mol. The van der Waals surface area contributed by atoms with Crippen LogP contribution in [0, 0.1) is 5.92 Å². The van der Waals surface area contributed by atoms with E-state index >= 15 is 0 Å². The van der Waals surface area contributed by atoms with Gasteiger partial charge in [-0.25, -0.2) is 9.59 Å². The summed E-state index contributed by atoms with van der Waals surface area (Å²) in [4.78, 5) is 53.5. The van der Waals surface area contributed by atoms with E-state index in [-0.39, 0.29) is 18.8 Å². The molecule has 11 nitrogen and oxygen atoms in total. The number of H-pyrrole nitrogens is 1. The van der Waals surface area contributed by atoms with Crippen LogP contribution in [0.4, 0.5) is 4.79 Å². The summed E-state index contributed by atoms with van der Waals surface area (Å²) in [6.45, 7) is 9.25. The fourth-order valence-corrected chi connectivity index (χ4v) is 4.03. The Morgan fingerprint density at radius 3 is 2.36 bits per heavy atom. The second-order valence-corrected chi connectivity index (χ2v) is 10.9. The Labute approximate surface area is 229 Å². The first-order valence-electron chi connectivity index (χ1n) is 13.3. The van der Waals surface area contributed by atoms with Crippen molar-refractivity contribution in [3.8, 4) is 0 Å². The average molecular weight is 546 g/mol. The third-order valence-corrected chi connectivity index (χ3v) is 6.09. The van der Waals surface area contributed by atoms with Crippen LogP contribution >= 0.6 is 0 Å². The Hall–Kier alpha value is -3.60. The molecule has 0 spiro atoms. The van der Waals surface area contributed by atoms with Gasteiger partial charge in [0.2, 0.25) is 11.8 Å². The topological polar surface area (TPSA) is 165 Å². The van der Waals surface area contributed by atoms with E-state index in [4.69, 9.17) is 15.2 Å². The first kappa shape index (κ1) is 31.6. The van der Waals surface area contributed by atoms with Gasteiger partial charge in [-0.05, 0) is 64.0 Å². The van der Waals surface area contributed by atoms with Gasteiger partial charge in [0.05, 0.1) is 13.2 Å². The van der Waals surface area contributed by atoms with Crippen molar-refractivity contribution >= 4 is 34.8 Å². The van der Waals surface area contributed by atoms with Crippen LogP contribution in [0.15, 0.2) is 30.5 Å². The Balaban J connectivity index is 2.03. The van der Waals surface area contributed by atoms with Crippen molar-refractivity contribution in [3.63, 3.8) is 0 Å². The van der Waals surface area contributed by atoms with Crippen molar-refractivity contribution in [2.24, 2.45) is 11.7 Å². The predicted octanol–water partition coefficient (Wildman–Crippen LogP) is 2.53. The number of benzene rings is 1. The normalized spacial score (nSPS) is 13.8. The molecular formula is C28H43N5O6. The summed E-state index contributed by atoms with van der Waals surface area (Å²) in [5.41, 5.74) is 7.47. The third-order valence-electron chi connectivity index (χ3n) is 6.09. The predicted molar refractivity (Wildman–Crippen MR) is 149 cm³/mol. The van der Waals surface area contributed by atoms with Gasteiger partial charge in [0, 0.05) is 23.6 Å². The number of methoxy groups -OCH3 is 1. The van der Waals surface area contributed by atoms with Crippen molar-refractivity contribution in [1.82, 2.24) is 20.9 Å². The lowest BCUT2D eigenvalue weighted by Crippen LogP contribution is -2.55. The van der Waals surface area contributed by atoms with Gasteiger partial charge in [-0.15, -0.1) is 0 Å². The van der Waals surface area contributed by atoms with E-state index in [1.54, 1.807) is 34.6 Å². The molecule has 3 amide bonds. The summed E-state index contributed by atoms with van der Waals surface area (Å²) < 4.78 is 10.0. The average Bonchev–Trinajstić information content (AvgIpc) is 3.27. The van der Waals surface area contributed by atoms with E-state index in [1.807, 2.05) is 30.5 Å². The lowest BCUT2D eigenvalue weighted by atomic mass is 10.0. The Morgan fingerprint density at radius 1 is 1.03 bits per heavy atom. The van der Waals surface area contributed by atoms with Crippen LogP contribution < -0.4 is 21.7 Å². The number of carbonyl (C=O) groups is 4. The molecule has 3 atom stereocenters. The molecule has 0 saturated carbocycles. The Bertz CT molecular complexity index is 1120. The SMILES string of the molecule is COC(=O)[C@@H](NC(=O)[C@H](CCCCNC(=O)OC(C)(C)C)NC(=O)[C@@H](N)Cc1c[nH]c2ccccc12)C(C)C. The number of rotatable bonds is 13. The van der Waals surface area contributed by atoms with Gasteiger partial charge in [-0.3, -0.25) is 9.59 Å². The van der Waals surface area contributed by atoms with E-state index in [2.05, 4.69) is 20.9 Å². The molecule has 1 aromatic heterocycles. The number of carbonyl (C=O) groups excluding carboxylic acids is 4. The number of hydrogen-bond acceptors (Lipinski definition) is 7. The molecule has 11 heteroatoms. The van der Waals surface area contributed by atoms with E-state index in [1.165, 1.54) is 7.11 Å². The number of aromatic amines is 1. The molecule has 0 bridgehead atoms. The van der Waals surface area contributed by atoms with Crippen LogP contribution in [0.1, 0.15) is 59.4 Å². The second kappa shape index (κ2) is 14.5. The van der Waals surface area contributed by atoms with E-state index in [0.717, 1.165) is 16.5 Å². The first-order chi connectivity index (χ1) is 18.3. The molecule has 0 radical (unpaired) electrons. The van der Waals surface area contributed by atoms with Crippen LogP contribution in [0.3, 0.4) is 0 Å². The molecule has 0 unspecified atom stereocenters. The number of ether oxygens (including phenoxy) is 2. The second-order valence-electron chi connectivity index (χ2n) is 10.9. The highest BCUT2D eigenvalue weighted by atomic mass is 16.6. The maximum atomic E-state index is 13.2. The number of nitrogens with two attached hydrogens (primary N) is 1. The van der Waals surface area contributed by atoms with Crippen LogP contribution in [-0.2, 0) is 30.3 Å². The van der Waals surface area contributed by atoms with E-state index in [9.17, 15) is 19.2 Å². The number of hydrogen-bond donors (Lipinski definition) is 5. The summed E-state index contributed by atoms with van der Waals surface area (Å²) in [6.07, 6.45) is 2.91. The summed E-state index contributed by atoms with van der Waals surface area (Å²) >= 11 is 0. The molecule has 2 aromatic rings. The van der Waals surface area contributed by atoms with Gasteiger partial charge in [0.15, 0.2) is 0 Å². The van der Waals surface area contributed by atoms with E-state index < -0.39 is 47.6 Å². The number of aromatic nitrogens is 1. The smallest absolute Gasteiger partial charge is 0.407 e. The van der Waals surface area contributed by atoms with Gasteiger partial charge in [0.25, 0.3) is 0 Å². The van der Waals surface area contributed by atoms with Gasteiger partial charge >= 0.3 is 12.1 Å². The molecular weight excluding hydrogens is 502 g/mol. The molecule has 0 fully saturated rings. The number of fused-ring (bicyclic) bond motifs is 1. The quantitative estimate of drug-likeness (QED) is 0.191. The molecule has 2 rings (SSSR count). The zero-order valence-corrected chi connectivity index (χ0v) is 23.8. The standard InChI is InChI=1S/C28H43N5O6/c1-17(2)23(26(36)38-6)33-25(35)22(13-9-10-14-30-27(37)39-28(3,4)5)32-24(34)20(29)15-18-16-31-21-12-8-7-11-19(18)21/h7-8,11-12,16-17,20,22-23,31H,9-10,13-15,29H2,1-6H3,(H,30,37)(H,32,34)(H,33,35)/t20-,22-,23-/m0/s1. The maximum absolute atomic E-state index is 13.2. The molecule has 1 heterocycles. The molecule has 0 aliphatic rings. The van der Waals surface area contributed by atoms with Crippen molar-refractivity contribution in [2.45, 2.75) is 84.0 Å². The van der Waals surface area contributed by atoms with Gasteiger partial charge in [-0.2, -0.15) is 0 Å². The highest BCUT2D eigenvalue weighted by molar-refractivity contribution is 5.92. The minimum atomic E-state index is -0.932. The van der Waals surface area contributed by atoms with Crippen LogP contribution in [-0.4, -0.2) is 66.2 Å². The zero-order valence-electron chi connectivity index (χ0n) is 23.8. The maximum Gasteiger partial charge on any atom is 0.407 e. The van der Waals surface area contributed by atoms with Crippen LogP contribution in [0.5, 0.6) is 0 Å². The fraction of sp³-hybridized carbons (Fsp3) is 0.571. The Morgan fingerprint density at radius 2 is 1.72 bits per heavy atom. The molecule has 0 aliphatic carbocycles. The number of alkyl carbamates (subject to hydrolysis) is 1. The lowest BCUT2D eigenvalue weighted by molar-refractivity contribution is -0.146. The van der Waals surface area contributed by atoms with Crippen molar-refractivity contribution < 1.29 is 28.7 Å². The summed E-state index contributed by atoms with van der Waals surface area (Å²) in [6, 6.07) is 5.03. The molecule has 0 saturated heterocycles. The number of para-hydroxylation sites is 1. The van der Waals surface area contributed by atoms with Crippen molar-refractivity contribution in [1.29, 1.82) is 0 Å². The number of esters is 1. The Kier molecular flexibility index (Phi) is 11.8. The highest BCUT2D eigenvalue weighted by Gasteiger charge is 2.30.